The van der Waals surface area contributed by atoms with Gasteiger partial charge in [0.1, 0.15) is 0 Å². The molecule has 0 aliphatic rings. The maximum atomic E-state index is 13.1. The second-order valence-corrected chi connectivity index (χ2v) is 14.3. The van der Waals surface area contributed by atoms with Crippen LogP contribution in [0.3, 0.4) is 0 Å². The lowest BCUT2D eigenvalue weighted by Gasteiger charge is -2.13. The van der Waals surface area contributed by atoms with E-state index in [0.29, 0.717) is 32.9 Å². The van der Waals surface area contributed by atoms with E-state index in [1.54, 1.807) is 48.5 Å². The van der Waals surface area contributed by atoms with Crippen LogP contribution in [0.25, 0.3) is 21.5 Å². The molecule has 0 fully saturated rings. The maximum absolute atomic E-state index is 13.1. The summed E-state index contributed by atoms with van der Waals surface area (Å²) in [6.07, 6.45) is 0. The molecule has 50 heavy (non-hydrogen) atoms. The van der Waals surface area contributed by atoms with E-state index in [9.17, 15) is 41.4 Å². The van der Waals surface area contributed by atoms with Crippen molar-refractivity contribution in [1.82, 2.24) is 0 Å². The summed E-state index contributed by atoms with van der Waals surface area (Å²) in [5, 5.41) is 26.5. The molecule has 0 aliphatic carbocycles. The lowest BCUT2D eigenvalue weighted by Crippen LogP contribution is -2.19. The Morgan fingerprint density at radius 2 is 0.840 bits per heavy atom. The Balaban J connectivity index is 1.18. The first kappa shape index (κ1) is 33.5. The largest absolute Gasteiger partial charge is 0.478 e. The fourth-order valence-electron chi connectivity index (χ4n) is 5.16. The lowest BCUT2D eigenvalue weighted by molar-refractivity contribution is 0.0687. The molecule has 0 spiro atoms. The normalized spacial score (nSPS) is 11.5. The number of hydrogen-bond acceptors (Lipinski definition) is 7. The fraction of sp³-hybridized carbons (Fsp3) is 0. The number of carbonyl (C=O) groups excluding carboxylic acids is 1. The molecular weight excluding hydrogens is 685 g/mol. The summed E-state index contributed by atoms with van der Waals surface area (Å²) in [6.45, 7) is 0. The highest BCUT2D eigenvalue weighted by Gasteiger charge is 2.20. The Hall–Kier alpha value is -6.45. The summed E-state index contributed by atoms with van der Waals surface area (Å²) in [5.74, 6) is -2.57. The van der Waals surface area contributed by atoms with E-state index < -0.39 is 38.0 Å². The van der Waals surface area contributed by atoms with Gasteiger partial charge in [-0.25, -0.2) is 31.2 Å². The van der Waals surface area contributed by atoms with Crippen LogP contribution in [0.2, 0.25) is 0 Å². The summed E-state index contributed by atoms with van der Waals surface area (Å²) in [4.78, 5) is 35.8. The number of benzene rings is 6. The van der Waals surface area contributed by atoms with Crippen molar-refractivity contribution in [3.8, 4) is 0 Å². The number of nitrogens with one attached hydrogen (secondary N) is 4. The number of hydrogen-bond donors (Lipinski definition) is 6. The molecular formula is C35H26N4O9S2. The molecule has 15 heteroatoms. The molecule has 0 aliphatic heterocycles. The van der Waals surface area contributed by atoms with Crippen LogP contribution in [0.15, 0.2) is 131 Å². The number of carboxylic acids is 2. The smallest absolute Gasteiger partial charge is 0.337 e. The molecule has 6 aromatic rings. The van der Waals surface area contributed by atoms with Gasteiger partial charge in [0.25, 0.3) is 20.0 Å². The zero-order valence-corrected chi connectivity index (χ0v) is 27.2. The predicted molar refractivity (Wildman–Crippen MR) is 189 cm³/mol. The second kappa shape index (κ2) is 13.2. The van der Waals surface area contributed by atoms with Crippen molar-refractivity contribution in [3.05, 3.63) is 132 Å². The van der Waals surface area contributed by atoms with Gasteiger partial charge >= 0.3 is 18.0 Å². The van der Waals surface area contributed by atoms with Crippen LogP contribution in [-0.4, -0.2) is 45.0 Å². The van der Waals surface area contributed by atoms with E-state index in [4.69, 9.17) is 0 Å². The number of rotatable bonds is 10. The Morgan fingerprint density at radius 3 is 1.24 bits per heavy atom. The van der Waals surface area contributed by atoms with Gasteiger partial charge in [-0.2, -0.15) is 0 Å². The van der Waals surface area contributed by atoms with Gasteiger partial charge in [0.2, 0.25) is 0 Å². The van der Waals surface area contributed by atoms with Crippen LogP contribution in [0, 0.1) is 0 Å². The van der Waals surface area contributed by atoms with E-state index in [2.05, 4.69) is 20.1 Å². The monoisotopic (exact) mass is 710 g/mol. The average molecular weight is 711 g/mol. The van der Waals surface area contributed by atoms with Crippen molar-refractivity contribution in [2.75, 3.05) is 20.1 Å². The minimum Gasteiger partial charge on any atom is -0.478 e. The average Bonchev–Trinajstić information content (AvgIpc) is 3.07. The van der Waals surface area contributed by atoms with Crippen molar-refractivity contribution < 1.29 is 41.4 Å². The quantitative estimate of drug-likeness (QED) is 0.0900. The van der Waals surface area contributed by atoms with Crippen molar-refractivity contribution in [3.63, 3.8) is 0 Å². The van der Waals surface area contributed by atoms with Gasteiger partial charge in [0.05, 0.1) is 32.3 Å². The molecule has 252 valence electrons. The van der Waals surface area contributed by atoms with Gasteiger partial charge in [0.15, 0.2) is 0 Å². The van der Waals surface area contributed by atoms with Crippen LogP contribution >= 0.6 is 0 Å². The Morgan fingerprint density at radius 1 is 0.460 bits per heavy atom. The first-order valence-corrected chi connectivity index (χ1v) is 17.6. The maximum Gasteiger partial charge on any atom is 0.337 e. The Labute approximate surface area is 285 Å². The SMILES string of the molecule is O=C(Nc1ccc2ccc(S(=O)(=O)Nc3ccccc3C(=O)O)cc2c1)Nc1ccc2ccc(S(=O)(=O)Nc3ccccc3C(=O)O)cc2c1. The topological polar surface area (TPSA) is 208 Å². The minimum absolute atomic E-state index is 0.0862. The number of carboxylic acid groups (broad SMARTS) is 2. The first-order valence-electron chi connectivity index (χ1n) is 14.6. The number of carbonyl (C=O) groups is 3. The highest BCUT2D eigenvalue weighted by atomic mass is 32.2. The van der Waals surface area contributed by atoms with Crippen molar-refractivity contribution in [2.24, 2.45) is 0 Å². The van der Waals surface area contributed by atoms with Gasteiger partial charge in [0, 0.05) is 11.4 Å². The van der Waals surface area contributed by atoms with Gasteiger partial charge in [-0.05, 0) is 94.3 Å². The summed E-state index contributed by atoms with van der Waals surface area (Å²) < 4.78 is 57.2. The number of urea groups is 1. The summed E-state index contributed by atoms with van der Waals surface area (Å²) >= 11 is 0. The fourth-order valence-corrected chi connectivity index (χ4v) is 7.39. The molecule has 6 N–H and O–H groups in total. The summed E-state index contributed by atoms with van der Waals surface area (Å²) in [7, 11) is -8.33. The molecule has 2 amide bonds. The highest BCUT2D eigenvalue weighted by molar-refractivity contribution is 7.93. The lowest BCUT2D eigenvalue weighted by atomic mass is 10.1. The number of fused-ring (bicyclic) bond motifs is 2. The zero-order valence-electron chi connectivity index (χ0n) is 25.6. The molecule has 0 aromatic heterocycles. The van der Waals surface area contributed by atoms with E-state index in [-0.39, 0.29) is 32.3 Å². The molecule has 0 heterocycles. The molecule has 0 bridgehead atoms. The standard InChI is InChI=1S/C35H26N4O9S2/c40-33(41)29-5-1-3-7-31(29)38-49(45,46)27-15-11-21-9-13-25(17-23(21)19-27)36-35(44)37-26-14-10-22-12-16-28(20-24(22)18-26)50(47,48)39-32-8-4-2-6-30(32)34(42)43/h1-20,38-39H,(H,40,41)(H,42,43)(H2,36,37,44). The molecule has 6 aromatic carbocycles. The predicted octanol–water partition coefficient (Wildman–Crippen LogP) is 6.64. The molecule has 0 saturated carbocycles. The van der Waals surface area contributed by atoms with Crippen LogP contribution in [-0.2, 0) is 20.0 Å². The molecule has 0 atom stereocenters. The minimum atomic E-state index is -4.17. The third kappa shape index (κ3) is 7.18. The molecule has 6 rings (SSSR count). The first-order chi connectivity index (χ1) is 23.8. The summed E-state index contributed by atoms with van der Waals surface area (Å²) in [6, 6.07) is 29.1. The van der Waals surface area contributed by atoms with Crippen LogP contribution in [0.1, 0.15) is 20.7 Å². The van der Waals surface area contributed by atoms with Gasteiger partial charge in [-0.3, -0.25) is 9.44 Å². The van der Waals surface area contributed by atoms with E-state index in [1.165, 1.54) is 72.8 Å². The number of aromatic carboxylic acids is 2. The zero-order chi connectivity index (χ0) is 35.6. The number of sulfonamides is 2. The van der Waals surface area contributed by atoms with Crippen LogP contribution in [0.4, 0.5) is 27.5 Å². The highest BCUT2D eigenvalue weighted by Crippen LogP contribution is 2.28. The molecule has 0 saturated heterocycles. The molecule has 0 radical (unpaired) electrons. The third-order valence-electron chi connectivity index (χ3n) is 7.56. The van der Waals surface area contributed by atoms with Gasteiger partial charge < -0.3 is 20.8 Å². The molecule has 0 unspecified atom stereocenters. The number of para-hydroxylation sites is 2. The van der Waals surface area contributed by atoms with Crippen molar-refractivity contribution in [2.45, 2.75) is 9.79 Å². The Bertz CT molecular complexity index is 2400. The van der Waals surface area contributed by atoms with E-state index in [0.717, 1.165) is 0 Å². The molecule has 13 nitrogen and oxygen atoms in total. The van der Waals surface area contributed by atoms with Crippen molar-refractivity contribution >= 4 is 82.3 Å². The second-order valence-electron chi connectivity index (χ2n) is 10.9. The van der Waals surface area contributed by atoms with E-state index >= 15 is 0 Å². The van der Waals surface area contributed by atoms with Gasteiger partial charge in [-0.1, -0.05) is 48.5 Å². The third-order valence-corrected chi connectivity index (χ3v) is 10.3. The van der Waals surface area contributed by atoms with E-state index in [1.807, 2.05) is 0 Å². The van der Waals surface area contributed by atoms with Crippen LogP contribution in [0.5, 0.6) is 0 Å². The summed E-state index contributed by atoms with van der Waals surface area (Å²) in [5.41, 5.74) is 0.102. The number of anilines is 4. The number of amides is 2. The Kier molecular flexibility index (Phi) is 8.84. The van der Waals surface area contributed by atoms with Crippen LogP contribution < -0.4 is 20.1 Å². The van der Waals surface area contributed by atoms with Gasteiger partial charge in [-0.15, -0.1) is 0 Å². The van der Waals surface area contributed by atoms with Crippen molar-refractivity contribution in [1.29, 1.82) is 0 Å².